The molecule has 0 aliphatic rings. The van der Waals surface area contributed by atoms with Crippen LogP contribution in [0.4, 0.5) is 5.82 Å². The number of pyridine rings is 1. The van der Waals surface area contributed by atoms with Gasteiger partial charge in [-0.05, 0) is 60.5 Å². The van der Waals surface area contributed by atoms with Crippen molar-refractivity contribution in [2.24, 2.45) is 0 Å². The molecule has 0 unspecified atom stereocenters. The minimum absolute atomic E-state index is 0.277. The summed E-state index contributed by atoms with van der Waals surface area (Å²) in [6.45, 7) is 5.78. The lowest BCUT2D eigenvalue weighted by molar-refractivity contribution is 0.102. The van der Waals surface area contributed by atoms with Gasteiger partial charge in [0.1, 0.15) is 5.82 Å². The van der Waals surface area contributed by atoms with Gasteiger partial charge in [-0.15, -0.1) is 5.10 Å². The third-order valence-electron chi connectivity index (χ3n) is 3.53. The molecule has 3 rings (SSSR count). The number of halogens is 1. The van der Waals surface area contributed by atoms with Crippen LogP contribution in [0, 0.1) is 20.8 Å². The molecule has 122 valence electrons. The van der Waals surface area contributed by atoms with Crippen LogP contribution in [0.5, 0.6) is 0 Å². The van der Waals surface area contributed by atoms with Crippen LogP contribution < -0.4 is 5.32 Å². The van der Waals surface area contributed by atoms with Crippen molar-refractivity contribution in [3.63, 3.8) is 0 Å². The summed E-state index contributed by atoms with van der Waals surface area (Å²) in [6.07, 6.45) is 1.62. The van der Waals surface area contributed by atoms with Crippen LogP contribution in [-0.4, -0.2) is 25.9 Å². The molecule has 0 fully saturated rings. The molecule has 0 bridgehead atoms. The average molecular weight is 386 g/mol. The Morgan fingerprint density at radius 2 is 1.92 bits per heavy atom. The number of rotatable bonds is 3. The number of carbonyl (C=O) groups is 1. The smallest absolute Gasteiger partial charge is 0.279 e. The number of carbonyl (C=O) groups excluding carboxylic acids is 1. The molecule has 0 aliphatic heterocycles. The van der Waals surface area contributed by atoms with E-state index in [0.29, 0.717) is 11.5 Å². The van der Waals surface area contributed by atoms with Crippen molar-refractivity contribution in [1.29, 1.82) is 0 Å². The number of aryl methyl sites for hydroxylation is 3. The number of nitrogens with one attached hydrogen (secondary N) is 1. The van der Waals surface area contributed by atoms with Gasteiger partial charge in [-0.25, -0.2) is 4.98 Å². The van der Waals surface area contributed by atoms with Crippen molar-refractivity contribution in [1.82, 2.24) is 20.0 Å². The van der Waals surface area contributed by atoms with Crippen molar-refractivity contribution in [3.8, 4) is 5.69 Å². The summed E-state index contributed by atoms with van der Waals surface area (Å²) in [4.78, 5) is 18.0. The van der Waals surface area contributed by atoms with Gasteiger partial charge in [0.25, 0.3) is 5.91 Å². The normalized spacial score (nSPS) is 10.7. The van der Waals surface area contributed by atoms with E-state index in [1.54, 1.807) is 19.2 Å². The van der Waals surface area contributed by atoms with Gasteiger partial charge in [0.15, 0.2) is 5.69 Å². The van der Waals surface area contributed by atoms with Crippen LogP contribution >= 0.6 is 15.9 Å². The van der Waals surface area contributed by atoms with Gasteiger partial charge in [-0.3, -0.25) is 4.79 Å². The van der Waals surface area contributed by atoms with Crippen LogP contribution in [0.1, 0.15) is 27.3 Å². The van der Waals surface area contributed by atoms with Crippen molar-refractivity contribution < 1.29 is 4.79 Å². The number of amides is 1. The Hall–Kier alpha value is -2.54. The number of hydrogen-bond donors (Lipinski definition) is 1. The van der Waals surface area contributed by atoms with Gasteiger partial charge in [0.05, 0.1) is 11.4 Å². The zero-order chi connectivity index (χ0) is 17.3. The monoisotopic (exact) mass is 385 g/mol. The highest BCUT2D eigenvalue weighted by atomic mass is 79.9. The highest BCUT2D eigenvalue weighted by Gasteiger charge is 2.17. The number of anilines is 1. The number of hydrogen-bond acceptors (Lipinski definition) is 4. The van der Waals surface area contributed by atoms with Gasteiger partial charge >= 0.3 is 0 Å². The van der Waals surface area contributed by atoms with Crippen molar-refractivity contribution >= 4 is 27.7 Å². The molecule has 0 saturated carbocycles. The molecule has 0 saturated heterocycles. The van der Waals surface area contributed by atoms with Gasteiger partial charge in [-0.2, -0.15) is 9.90 Å². The molecule has 1 aromatic carbocycles. The maximum Gasteiger partial charge on any atom is 0.279 e. The lowest BCUT2D eigenvalue weighted by Crippen LogP contribution is -2.15. The lowest BCUT2D eigenvalue weighted by atomic mass is 10.1. The molecule has 1 N–H and O–H groups in total. The first-order chi connectivity index (χ1) is 11.4. The molecule has 0 atom stereocenters. The van der Waals surface area contributed by atoms with E-state index in [4.69, 9.17) is 0 Å². The Bertz CT molecular complexity index is 902. The van der Waals surface area contributed by atoms with E-state index in [9.17, 15) is 4.79 Å². The summed E-state index contributed by atoms with van der Waals surface area (Å²) in [5.41, 5.74) is 3.90. The molecule has 6 nitrogen and oxygen atoms in total. The predicted octanol–water partition coefficient (Wildman–Crippen LogP) is 3.60. The Morgan fingerprint density at radius 1 is 1.12 bits per heavy atom. The molecular weight excluding hydrogens is 370 g/mol. The van der Waals surface area contributed by atoms with Crippen molar-refractivity contribution in [3.05, 3.63) is 63.5 Å². The van der Waals surface area contributed by atoms with Crippen LogP contribution in [-0.2, 0) is 0 Å². The SMILES string of the molecule is Cc1ccc(-n2nc(C)c(C(=O)Nc3ccc(Br)cn3)n2)c(C)c1. The first-order valence-corrected chi connectivity index (χ1v) is 8.18. The van der Waals surface area contributed by atoms with E-state index in [1.165, 1.54) is 10.4 Å². The number of aromatic nitrogens is 4. The zero-order valence-electron chi connectivity index (χ0n) is 13.5. The summed E-state index contributed by atoms with van der Waals surface area (Å²) in [5.74, 6) is 0.127. The third-order valence-corrected chi connectivity index (χ3v) is 4.00. The number of benzene rings is 1. The molecule has 1 amide bonds. The van der Waals surface area contributed by atoms with E-state index in [1.807, 2.05) is 32.0 Å². The highest BCUT2D eigenvalue weighted by molar-refractivity contribution is 9.10. The zero-order valence-corrected chi connectivity index (χ0v) is 15.1. The molecule has 2 heterocycles. The number of nitrogens with zero attached hydrogens (tertiary/aromatic N) is 4. The summed E-state index contributed by atoms with van der Waals surface area (Å²) in [6, 6.07) is 9.52. The molecule has 0 spiro atoms. The van der Waals surface area contributed by atoms with Crippen molar-refractivity contribution in [2.45, 2.75) is 20.8 Å². The second-order valence-corrected chi connectivity index (χ2v) is 6.44. The largest absolute Gasteiger partial charge is 0.305 e. The average Bonchev–Trinajstić information content (AvgIpc) is 2.91. The summed E-state index contributed by atoms with van der Waals surface area (Å²) < 4.78 is 0.845. The van der Waals surface area contributed by atoms with E-state index in [-0.39, 0.29) is 11.6 Å². The fraction of sp³-hybridized carbons (Fsp3) is 0.176. The van der Waals surface area contributed by atoms with Crippen molar-refractivity contribution in [2.75, 3.05) is 5.32 Å². The second-order valence-electron chi connectivity index (χ2n) is 5.53. The minimum atomic E-state index is -0.335. The maximum atomic E-state index is 12.4. The molecule has 2 aromatic heterocycles. The molecule has 24 heavy (non-hydrogen) atoms. The van der Waals surface area contributed by atoms with Gasteiger partial charge < -0.3 is 5.32 Å². The molecule has 7 heteroatoms. The first kappa shape index (κ1) is 16.3. The van der Waals surface area contributed by atoms with Crippen LogP contribution in [0.3, 0.4) is 0 Å². The van der Waals surface area contributed by atoms with E-state index >= 15 is 0 Å². The third kappa shape index (κ3) is 3.35. The fourth-order valence-electron chi connectivity index (χ4n) is 2.35. The van der Waals surface area contributed by atoms with Gasteiger partial charge in [-0.1, -0.05) is 17.7 Å². The Balaban J connectivity index is 1.88. The summed E-state index contributed by atoms with van der Waals surface area (Å²) in [7, 11) is 0. The highest BCUT2D eigenvalue weighted by Crippen LogP contribution is 2.16. The first-order valence-electron chi connectivity index (χ1n) is 7.38. The van der Waals surface area contributed by atoms with E-state index in [2.05, 4.69) is 42.5 Å². The van der Waals surface area contributed by atoms with Gasteiger partial charge in [0.2, 0.25) is 0 Å². The minimum Gasteiger partial charge on any atom is -0.305 e. The molecular formula is C17H16BrN5O. The maximum absolute atomic E-state index is 12.4. The van der Waals surface area contributed by atoms with Crippen LogP contribution in [0.15, 0.2) is 41.0 Å². The van der Waals surface area contributed by atoms with E-state index in [0.717, 1.165) is 15.7 Å². The van der Waals surface area contributed by atoms with Crippen LogP contribution in [0.25, 0.3) is 5.69 Å². The molecule has 0 aliphatic carbocycles. The fourth-order valence-corrected chi connectivity index (χ4v) is 2.59. The quantitative estimate of drug-likeness (QED) is 0.747. The Morgan fingerprint density at radius 3 is 2.58 bits per heavy atom. The summed E-state index contributed by atoms with van der Waals surface area (Å²) in [5, 5.41) is 11.4. The standard InChI is InChI=1S/C17H16BrN5O/c1-10-4-6-14(11(2)8-10)23-21-12(3)16(22-23)17(24)20-15-7-5-13(18)9-19-15/h4-9H,1-3H3,(H,19,20,24). The Labute approximate surface area is 148 Å². The Kier molecular flexibility index (Phi) is 4.44. The van der Waals surface area contributed by atoms with Gasteiger partial charge in [0, 0.05) is 10.7 Å². The van der Waals surface area contributed by atoms with E-state index < -0.39 is 0 Å². The molecule has 0 radical (unpaired) electrons. The topological polar surface area (TPSA) is 72.7 Å². The van der Waals surface area contributed by atoms with Crippen LogP contribution in [0.2, 0.25) is 0 Å². The second kappa shape index (κ2) is 6.52. The lowest BCUT2D eigenvalue weighted by Gasteiger charge is -2.05. The summed E-state index contributed by atoms with van der Waals surface area (Å²) >= 11 is 3.31. The predicted molar refractivity (Wildman–Crippen MR) is 95.5 cm³/mol. The molecule has 3 aromatic rings.